The fraction of sp³-hybridized carbons (Fsp3) is 0.200. The molecule has 0 saturated carbocycles. The molecule has 0 radical (unpaired) electrons. The second-order valence-electron chi connectivity index (χ2n) is 5.00. The molecule has 0 aliphatic heterocycles. The van der Waals surface area contributed by atoms with Gasteiger partial charge in [0.15, 0.2) is 0 Å². The van der Waals surface area contributed by atoms with Crippen LogP contribution in [0, 0.1) is 0 Å². The maximum atomic E-state index is 5.34. The minimum atomic E-state index is 0.453. The van der Waals surface area contributed by atoms with E-state index in [1.807, 2.05) is 37.6 Å². The summed E-state index contributed by atoms with van der Waals surface area (Å²) in [5.41, 5.74) is 3.69. The number of imidazole rings is 1. The van der Waals surface area contributed by atoms with Crippen LogP contribution in [0.25, 0.3) is 34.0 Å². The van der Waals surface area contributed by atoms with Gasteiger partial charge in [0.2, 0.25) is 5.82 Å². The minimum absolute atomic E-state index is 0.453. The number of aryl methyl sites for hydroxylation is 2. The Kier molecular flexibility index (Phi) is 2.78. The first-order valence-electron chi connectivity index (χ1n) is 7.03. The van der Waals surface area contributed by atoms with E-state index >= 15 is 0 Å². The Hall–Kier alpha value is -2.96. The molecule has 7 heteroatoms. The highest BCUT2D eigenvalue weighted by Crippen LogP contribution is 2.24. The SMILES string of the molecule is CCn1cnc2cc(-c3noc(-c4ccnn4C)n3)ccc21. The van der Waals surface area contributed by atoms with Crippen molar-refractivity contribution in [3.63, 3.8) is 0 Å². The van der Waals surface area contributed by atoms with Crippen molar-refractivity contribution in [3.8, 4) is 23.0 Å². The number of hydrogen-bond donors (Lipinski definition) is 0. The van der Waals surface area contributed by atoms with Crippen LogP contribution in [0.2, 0.25) is 0 Å². The predicted molar refractivity (Wildman–Crippen MR) is 80.9 cm³/mol. The molecule has 4 rings (SSSR count). The molecule has 0 N–H and O–H groups in total. The van der Waals surface area contributed by atoms with E-state index in [1.165, 1.54) is 0 Å². The third kappa shape index (κ3) is 1.90. The Balaban J connectivity index is 1.76. The van der Waals surface area contributed by atoms with E-state index in [-0.39, 0.29) is 0 Å². The average molecular weight is 294 g/mol. The summed E-state index contributed by atoms with van der Waals surface area (Å²) in [5, 5.41) is 8.16. The number of benzene rings is 1. The molecule has 0 aliphatic rings. The van der Waals surface area contributed by atoms with Crippen LogP contribution in [0.1, 0.15) is 6.92 Å². The first-order chi connectivity index (χ1) is 10.8. The topological polar surface area (TPSA) is 74.6 Å². The van der Waals surface area contributed by atoms with E-state index < -0.39 is 0 Å². The molecule has 1 aromatic carbocycles. The molecule has 0 bridgehead atoms. The third-order valence-electron chi connectivity index (χ3n) is 3.69. The van der Waals surface area contributed by atoms with Crippen LogP contribution in [-0.4, -0.2) is 29.5 Å². The summed E-state index contributed by atoms with van der Waals surface area (Å²) in [6.07, 6.45) is 3.54. The van der Waals surface area contributed by atoms with Gasteiger partial charge in [-0.1, -0.05) is 5.16 Å². The summed E-state index contributed by atoms with van der Waals surface area (Å²) < 4.78 is 9.13. The van der Waals surface area contributed by atoms with Crippen molar-refractivity contribution in [2.24, 2.45) is 7.05 Å². The van der Waals surface area contributed by atoms with Gasteiger partial charge in [0.25, 0.3) is 5.89 Å². The van der Waals surface area contributed by atoms with E-state index in [4.69, 9.17) is 4.52 Å². The van der Waals surface area contributed by atoms with Crippen molar-refractivity contribution in [3.05, 3.63) is 36.8 Å². The molecular weight excluding hydrogens is 280 g/mol. The predicted octanol–water partition coefficient (Wildman–Crippen LogP) is 2.51. The van der Waals surface area contributed by atoms with Crippen LogP contribution in [0.3, 0.4) is 0 Å². The molecule has 0 spiro atoms. The number of nitrogens with zero attached hydrogens (tertiary/aromatic N) is 6. The summed E-state index contributed by atoms with van der Waals surface area (Å²) in [7, 11) is 1.84. The van der Waals surface area contributed by atoms with Crippen molar-refractivity contribution < 1.29 is 4.52 Å². The normalized spacial score (nSPS) is 11.4. The maximum Gasteiger partial charge on any atom is 0.276 e. The Bertz CT molecular complexity index is 948. The molecule has 110 valence electrons. The zero-order valence-electron chi connectivity index (χ0n) is 12.3. The Morgan fingerprint density at radius 2 is 2.14 bits per heavy atom. The Morgan fingerprint density at radius 3 is 2.91 bits per heavy atom. The zero-order chi connectivity index (χ0) is 15.1. The lowest BCUT2D eigenvalue weighted by atomic mass is 10.2. The van der Waals surface area contributed by atoms with Gasteiger partial charge in [0, 0.05) is 25.4 Å². The second kappa shape index (κ2) is 4.80. The van der Waals surface area contributed by atoms with Crippen molar-refractivity contribution >= 4 is 11.0 Å². The highest BCUT2D eigenvalue weighted by atomic mass is 16.5. The number of hydrogen-bond acceptors (Lipinski definition) is 5. The summed E-state index contributed by atoms with van der Waals surface area (Å²) in [4.78, 5) is 8.85. The lowest BCUT2D eigenvalue weighted by Gasteiger charge is -1.99. The van der Waals surface area contributed by atoms with Crippen LogP contribution < -0.4 is 0 Å². The summed E-state index contributed by atoms with van der Waals surface area (Å²) in [6.45, 7) is 2.98. The number of rotatable bonds is 3. The monoisotopic (exact) mass is 294 g/mol. The Labute approximate surface area is 126 Å². The summed E-state index contributed by atoms with van der Waals surface area (Å²) in [6, 6.07) is 7.82. The third-order valence-corrected chi connectivity index (χ3v) is 3.69. The molecule has 22 heavy (non-hydrogen) atoms. The standard InChI is InChI=1S/C15H14N6O/c1-3-21-9-16-11-8-10(4-5-12(11)21)14-18-15(22-19-14)13-6-7-17-20(13)2/h4-9H,3H2,1-2H3. The Morgan fingerprint density at radius 1 is 1.23 bits per heavy atom. The molecule has 0 unspecified atom stereocenters. The van der Waals surface area contributed by atoms with Crippen LogP contribution in [-0.2, 0) is 13.6 Å². The van der Waals surface area contributed by atoms with Gasteiger partial charge in [-0.25, -0.2) is 4.98 Å². The fourth-order valence-electron chi connectivity index (χ4n) is 2.48. The molecule has 7 nitrogen and oxygen atoms in total. The number of fused-ring (bicyclic) bond motifs is 1. The van der Waals surface area contributed by atoms with Gasteiger partial charge < -0.3 is 9.09 Å². The molecule has 3 aromatic heterocycles. The highest BCUT2D eigenvalue weighted by Gasteiger charge is 2.14. The molecule has 4 aromatic rings. The van der Waals surface area contributed by atoms with Crippen molar-refractivity contribution in [2.45, 2.75) is 13.5 Å². The van der Waals surface area contributed by atoms with E-state index in [0.29, 0.717) is 11.7 Å². The van der Waals surface area contributed by atoms with Gasteiger partial charge in [-0.3, -0.25) is 4.68 Å². The quantitative estimate of drug-likeness (QED) is 0.580. The minimum Gasteiger partial charge on any atom is -0.332 e. The molecule has 0 fully saturated rings. The average Bonchev–Trinajstić information content (AvgIpc) is 3.24. The van der Waals surface area contributed by atoms with E-state index in [9.17, 15) is 0 Å². The van der Waals surface area contributed by atoms with Crippen molar-refractivity contribution in [1.82, 2.24) is 29.5 Å². The van der Waals surface area contributed by atoms with Gasteiger partial charge in [-0.15, -0.1) is 0 Å². The lowest BCUT2D eigenvalue weighted by Crippen LogP contribution is -1.93. The first-order valence-corrected chi connectivity index (χ1v) is 7.03. The lowest BCUT2D eigenvalue weighted by molar-refractivity contribution is 0.428. The molecule has 0 atom stereocenters. The maximum absolute atomic E-state index is 5.34. The molecule has 3 heterocycles. The van der Waals surface area contributed by atoms with Crippen LogP contribution >= 0.6 is 0 Å². The highest BCUT2D eigenvalue weighted by molar-refractivity contribution is 5.80. The van der Waals surface area contributed by atoms with Crippen molar-refractivity contribution in [1.29, 1.82) is 0 Å². The van der Waals surface area contributed by atoms with E-state index in [2.05, 4.69) is 31.7 Å². The smallest absolute Gasteiger partial charge is 0.276 e. The largest absolute Gasteiger partial charge is 0.332 e. The summed E-state index contributed by atoms with van der Waals surface area (Å²) >= 11 is 0. The molecule has 0 aliphatic carbocycles. The zero-order valence-corrected chi connectivity index (χ0v) is 12.3. The van der Waals surface area contributed by atoms with Gasteiger partial charge in [-0.05, 0) is 31.2 Å². The van der Waals surface area contributed by atoms with Crippen molar-refractivity contribution in [2.75, 3.05) is 0 Å². The van der Waals surface area contributed by atoms with Crippen LogP contribution in [0.4, 0.5) is 0 Å². The fourth-order valence-corrected chi connectivity index (χ4v) is 2.48. The van der Waals surface area contributed by atoms with Crippen LogP contribution in [0.15, 0.2) is 41.3 Å². The van der Waals surface area contributed by atoms with Gasteiger partial charge in [0.1, 0.15) is 5.69 Å². The van der Waals surface area contributed by atoms with E-state index in [0.717, 1.165) is 28.8 Å². The summed E-state index contributed by atoms with van der Waals surface area (Å²) in [5.74, 6) is 0.998. The first kappa shape index (κ1) is 12.8. The van der Waals surface area contributed by atoms with E-state index in [1.54, 1.807) is 10.9 Å². The van der Waals surface area contributed by atoms with Crippen LogP contribution in [0.5, 0.6) is 0 Å². The van der Waals surface area contributed by atoms with Gasteiger partial charge >= 0.3 is 0 Å². The van der Waals surface area contributed by atoms with Gasteiger partial charge in [-0.2, -0.15) is 10.1 Å². The van der Waals surface area contributed by atoms with Gasteiger partial charge in [0.05, 0.1) is 17.4 Å². The number of aromatic nitrogens is 6. The molecular formula is C15H14N6O. The molecule has 0 saturated heterocycles. The second-order valence-corrected chi connectivity index (χ2v) is 5.00. The molecule has 0 amide bonds.